The van der Waals surface area contributed by atoms with Gasteiger partial charge in [-0.2, -0.15) is 0 Å². The Morgan fingerprint density at radius 2 is 0.596 bits per heavy atom. The number of rotatable bonds is 18. The van der Waals surface area contributed by atoms with Crippen molar-refractivity contribution in [2.75, 3.05) is 53.9 Å². The van der Waals surface area contributed by atoms with Gasteiger partial charge in [-0.05, 0) is 36.4 Å². The van der Waals surface area contributed by atoms with E-state index in [1.54, 1.807) is 0 Å². The molecule has 0 aliphatic carbocycles. The molecule has 0 heterocycles. The van der Waals surface area contributed by atoms with E-state index in [0.29, 0.717) is 0 Å². The summed E-state index contributed by atoms with van der Waals surface area (Å²) in [6, 6.07) is 21.7. The van der Waals surface area contributed by atoms with E-state index >= 15 is 0 Å². The zero-order valence-corrected chi connectivity index (χ0v) is 30.6. The van der Waals surface area contributed by atoms with E-state index in [1.165, 1.54) is 97.1 Å². The number of hydrogen-bond acceptors (Lipinski definition) is 16. The van der Waals surface area contributed by atoms with Crippen LogP contribution in [0.3, 0.4) is 0 Å². The molecule has 0 amide bonds. The number of aliphatic hydroxyl groups excluding tert-OH is 2. The molecule has 0 fully saturated rings. The van der Waals surface area contributed by atoms with Gasteiger partial charge in [0.2, 0.25) is 0 Å². The topological polar surface area (TPSA) is 232 Å². The lowest BCUT2D eigenvalue weighted by Crippen LogP contribution is -2.44. The Balaban J connectivity index is 1.78. The minimum Gasteiger partial charge on any atom is -0.465 e. The summed E-state index contributed by atoms with van der Waals surface area (Å²) in [7, 11) is 2.20. The summed E-state index contributed by atoms with van der Waals surface area (Å²) in [5, 5.41) is 18.9. The lowest BCUT2D eigenvalue weighted by Gasteiger charge is -2.32. The zero-order valence-electron chi connectivity index (χ0n) is 30.6. The Morgan fingerprint density at radius 3 is 0.825 bits per heavy atom. The molecule has 0 aromatic heterocycles. The monoisotopic (exact) mass is 784 g/mol. The minimum absolute atomic E-state index is 0.172. The van der Waals surface area contributed by atoms with Crippen LogP contribution in [-0.4, -0.2) is 111 Å². The first-order valence-corrected chi connectivity index (χ1v) is 16.9. The van der Waals surface area contributed by atoms with Gasteiger partial charge in [-0.15, -0.1) is 0 Å². The van der Waals surface area contributed by atoms with Gasteiger partial charge in [-0.1, -0.05) is 60.7 Å². The maximum atomic E-state index is 13.5. The fourth-order valence-corrected chi connectivity index (χ4v) is 5.31. The Kier molecular flexibility index (Phi) is 15.0. The second-order valence-electron chi connectivity index (χ2n) is 12.1. The third kappa shape index (κ3) is 10.6. The van der Waals surface area contributed by atoms with E-state index in [9.17, 15) is 48.6 Å². The zero-order chi connectivity index (χ0) is 41.5. The SMILES string of the molecule is COC(=O)c1ccccc1C(=O)OCC(COC(=O)c1ccccc1C(=O)CO)(COC(=O)c1ccccc1C(=O)CO)COC(=O)c1ccccc1C(=O)OC. The molecule has 2 N–H and O–H groups in total. The van der Waals surface area contributed by atoms with Gasteiger partial charge < -0.3 is 38.6 Å². The van der Waals surface area contributed by atoms with Crippen LogP contribution in [0.4, 0.5) is 0 Å². The Bertz CT molecular complexity index is 1860. The highest BCUT2D eigenvalue weighted by atomic mass is 16.6. The molecule has 0 aliphatic rings. The van der Waals surface area contributed by atoms with Gasteiger partial charge in [0.15, 0.2) is 11.6 Å². The molecule has 16 nitrogen and oxygen atoms in total. The molecule has 4 rings (SSSR count). The average molecular weight is 785 g/mol. The molecule has 0 radical (unpaired) electrons. The number of benzene rings is 4. The lowest BCUT2D eigenvalue weighted by molar-refractivity contribution is -0.0643. The highest BCUT2D eigenvalue weighted by Gasteiger charge is 2.40. The number of Topliss-reactive ketones (excluding diaryl/α,β-unsaturated/α-hetero) is 2. The second kappa shape index (κ2) is 20.0. The first kappa shape index (κ1) is 42.7. The number of aliphatic hydroxyl groups is 2. The third-order valence-electron chi connectivity index (χ3n) is 8.32. The highest BCUT2D eigenvalue weighted by molar-refractivity contribution is 6.08. The van der Waals surface area contributed by atoms with Crippen molar-refractivity contribution in [2.45, 2.75) is 0 Å². The predicted molar refractivity (Wildman–Crippen MR) is 195 cm³/mol. The molecule has 0 aliphatic heterocycles. The number of carbonyl (C=O) groups is 8. The summed E-state index contributed by atoms with van der Waals surface area (Å²) < 4.78 is 32.0. The second-order valence-corrected chi connectivity index (χ2v) is 12.1. The number of carbonyl (C=O) groups excluding carboxylic acids is 8. The molecule has 0 unspecified atom stereocenters. The number of hydrogen-bond donors (Lipinski definition) is 2. The molecule has 0 saturated carbocycles. The summed E-state index contributed by atoms with van der Waals surface area (Å²) in [6.07, 6.45) is 0. The van der Waals surface area contributed by atoms with Crippen molar-refractivity contribution < 1.29 is 77.0 Å². The van der Waals surface area contributed by atoms with Gasteiger partial charge in [0, 0.05) is 11.1 Å². The maximum absolute atomic E-state index is 13.5. The molecular formula is C41H36O16. The fourth-order valence-electron chi connectivity index (χ4n) is 5.31. The molecule has 296 valence electrons. The van der Waals surface area contributed by atoms with Crippen molar-refractivity contribution in [3.8, 4) is 0 Å². The smallest absolute Gasteiger partial charge is 0.339 e. The molecule has 57 heavy (non-hydrogen) atoms. The standard InChI is InChI=1S/C41H36O16/c1-52-35(46)29-15-7-9-17-31(29)39(50)56-23-41(21-54-37(48)27-13-5-3-11-25(27)33(44)19-42,22-55-38(49)28-14-6-4-12-26(28)34(45)20-43)24-57-40(51)32-18-10-8-16-30(32)36(47)53-2/h3-18,42-43H,19-24H2,1-2H3. The molecule has 0 saturated heterocycles. The molecule has 0 atom stereocenters. The van der Waals surface area contributed by atoms with E-state index in [0.717, 1.165) is 14.2 Å². The van der Waals surface area contributed by atoms with Crippen LogP contribution in [0.5, 0.6) is 0 Å². The van der Waals surface area contributed by atoms with Crippen molar-refractivity contribution in [3.63, 3.8) is 0 Å². The molecule has 4 aromatic rings. The molecule has 0 bridgehead atoms. The summed E-state index contributed by atoms with van der Waals surface area (Å²) in [5.74, 6) is -7.80. The van der Waals surface area contributed by atoms with Crippen LogP contribution in [0, 0.1) is 5.41 Å². The Hall–Kier alpha value is -7.04. The normalized spacial score (nSPS) is 10.7. The number of esters is 6. The lowest BCUT2D eigenvalue weighted by atomic mass is 9.91. The molecule has 16 heteroatoms. The van der Waals surface area contributed by atoms with Crippen LogP contribution in [0.25, 0.3) is 0 Å². The largest absolute Gasteiger partial charge is 0.465 e. The van der Waals surface area contributed by atoms with Crippen LogP contribution < -0.4 is 0 Å². The van der Waals surface area contributed by atoms with E-state index in [1.807, 2.05) is 0 Å². The van der Waals surface area contributed by atoms with Gasteiger partial charge in [0.1, 0.15) is 45.1 Å². The van der Waals surface area contributed by atoms with Crippen LogP contribution in [0.1, 0.15) is 82.9 Å². The first-order chi connectivity index (χ1) is 27.4. The molecular weight excluding hydrogens is 748 g/mol. The first-order valence-electron chi connectivity index (χ1n) is 16.9. The number of methoxy groups -OCH3 is 2. The van der Waals surface area contributed by atoms with Crippen molar-refractivity contribution in [2.24, 2.45) is 5.41 Å². The van der Waals surface area contributed by atoms with Crippen molar-refractivity contribution in [3.05, 3.63) is 142 Å². The van der Waals surface area contributed by atoms with Crippen LogP contribution in [-0.2, 0) is 28.4 Å². The van der Waals surface area contributed by atoms with E-state index in [4.69, 9.17) is 28.4 Å². The summed E-state index contributed by atoms with van der Waals surface area (Å²) in [6.45, 7) is -5.26. The molecule has 0 spiro atoms. The van der Waals surface area contributed by atoms with Crippen LogP contribution in [0.2, 0.25) is 0 Å². The Labute approximate surface area is 324 Å². The van der Waals surface area contributed by atoms with Gasteiger partial charge in [-0.25, -0.2) is 28.8 Å². The summed E-state index contributed by atoms with van der Waals surface area (Å²) in [4.78, 5) is 104. The van der Waals surface area contributed by atoms with E-state index in [-0.39, 0.29) is 44.5 Å². The summed E-state index contributed by atoms with van der Waals surface area (Å²) in [5.41, 5.74) is -3.76. The minimum atomic E-state index is -2.00. The fraction of sp³-hybridized carbons (Fsp3) is 0.220. The van der Waals surface area contributed by atoms with Gasteiger partial charge in [0.05, 0.1) is 47.6 Å². The van der Waals surface area contributed by atoms with E-state index < -0.39 is 92.4 Å². The van der Waals surface area contributed by atoms with Crippen LogP contribution in [0.15, 0.2) is 97.1 Å². The van der Waals surface area contributed by atoms with Crippen LogP contribution >= 0.6 is 0 Å². The van der Waals surface area contributed by atoms with Crippen molar-refractivity contribution in [1.29, 1.82) is 0 Å². The van der Waals surface area contributed by atoms with E-state index in [2.05, 4.69) is 0 Å². The molecule has 4 aromatic carbocycles. The third-order valence-corrected chi connectivity index (χ3v) is 8.32. The average Bonchev–Trinajstić information content (AvgIpc) is 3.26. The maximum Gasteiger partial charge on any atom is 0.339 e. The van der Waals surface area contributed by atoms with Crippen molar-refractivity contribution in [1.82, 2.24) is 0 Å². The number of ether oxygens (including phenoxy) is 6. The van der Waals surface area contributed by atoms with Gasteiger partial charge >= 0.3 is 35.8 Å². The quantitative estimate of drug-likeness (QED) is 0.0837. The van der Waals surface area contributed by atoms with Crippen molar-refractivity contribution >= 4 is 47.4 Å². The number of ketones is 2. The summed E-state index contributed by atoms with van der Waals surface area (Å²) >= 11 is 0. The van der Waals surface area contributed by atoms with Gasteiger partial charge in [0.25, 0.3) is 0 Å². The van der Waals surface area contributed by atoms with Gasteiger partial charge in [-0.3, -0.25) is 9.59 Å². The highest BCUT2D eigenvalue weighted by Crippen LogP contribution is 2.26. The predicted octanol–water partition coefficient (Wildman–Crippen LogP) is 3.32. The Morgan fingerprint density at radius 1 is 0.386 bits per heavy atom.